The first-order valence-electron chi connectivity index (χ1n) is 6.29. The monoisotopic (exact) mass is 244 g/mol. The zero-order chi connectivity index (χ0) is 12.5. The molecule has 1 aliphatic heterocycles. The lowest BCUT2D eigenvalue weighted by Gasteiger charge is -2.30. The van der Waals surface area contributed by atoms with Gasteiger partial charge < -0.3 is 15.0 Å². The molecule has 1 atom stereocenters. The quantitative estimate of drug-likeness (QED) is 0.810. The number of piperidine rings is 1. The molecular formula is C14H16N2O2. The molecular weight excluding hydrogens is 228 g/mol. The number of H-pyrrole nitrogens is 1. The highest BCUT2D eigenvalue weighted by atomic mass is 16.4. The Morgan fingerprint density at radius 1 is 1.39 bits per heavy atom. The molecule has 0 saturated carbocycles. The fraction of sp³-hybridized carbons (Fsp3) is 0.357. The van der Waals surface area contributed by atoms with Gasteiger partial charge in [-0.25, -0.2) is 4.79 Å². The second kappa shape index (κ2) is 4.37. The van der Waals surface area contributed by atoms with Gasteiger partial charge in [0, 0.05) is 30.2 Å². The third-order valence-corrected chi connectivity index (χ3v) is 3.68. The molecule has 2 heterocycles. The Morgan fingerprint density at radius 2 is 2.22 bits per heavy atom. The molecule has 2 N–H and O–H groups in total. The first kappa shape index (κ1) is 11.1. The van der Waals surface area contributed by atoms with Crippen LogP contribution in [0, 0.1) is 0 Å². The van der Waals surface area contributed by atoms with Crippen molar-refractivity contribution in [3.05, 3.63) is 36.0 Å². The number of hydrogen-bond acceptors (Lipinski definition) is 1. The van der Waals surface area contributed by atoms with Crippen molar-refractivity contribution in [3.63, 3.8) is 0 Å². The predicted molar refractivity (Wildman–Crippen MR) is 69.9 cm³/mol. The Balaban J connectivity index is 1.87. The number of amides is 1. The summed E-state index contributed by atoms with van der Waals surface area (Å²) in [5.41, 5.74) is 2.28. The van der Waals surface area contributed by atoms with Gasteiger partial charge in [0.1, 0.15) is 0 Å². The van der Waals surface area contributed by atoms with E-state index in [1.807, 2.05) is 12.1 Å². The van der Waals surface area contributed by atoms with Gasteiger partial charge in [-0.1, -0.05) is 18.2 Å². The van der Waals surface area contributed by atoms with E-state index in [-0.39, 0.29) is 0 Å². The van der Waals surface area contributed by atoms with Crippen LogP contribution in [0.2, 0.25) is 0 Å². The summed E-state index contributed by atoms with van der Waals surface area (Å²) < 4.78 is 0. The van der Waals surface area contributed by atoms with E-state index in [1.165, 1.54) is 10.3 Å². The maximum absolute atomic E-state index is 11.0. The van der Waals surface area contributed by atoms with E-state index >= 15 is 0 Å². The van der Waals surface area contributed by atoms with E-state index in [9.17, 15) is 4.79 Å². The molecule has 0 spiro atoms. The molecule has 1 aromatic heterocycles. The normalized spacial score (nSPS) is 20.2. The molecule has 1 aliphatic rings. The van der Waals surface area contributed by atoms with E-state index < -0.39 is 6.09 Å². The summed E-state index contributed by atoms with van der Waals surface area (Å²) in [6.07, 6.45) is 1.18. The highest BCUT2D eigenvalue weighted by Gasteiger charge is 2.25. The van der Waals surface area contributed by atoms with Crippen molar-refractivity contribution in [1.29, 1.82) is 0 Å². The Bertz CT molecular complexity index is 543. The standard InChI is InChI=1S/C14H16N2O2/c17-14(18)16-7-3-5-11(9-16)13-8-10-4-1-2-6-12(10)15-13/h1-2,4,6,8,11,15H,3,5,7,9H2,(H,17,18). The van der Waals surface area contributed by atoms with Crippen LogP contribution in [0.25, 0.3) is 10.9 Å². The largest absolute Gasteiger partial charge is 0.465 e. The molecule has 1 fully saturated rings. The lowest BCUT2D eigenvalue weighted by molar-refractivity contribution is 0.130. The van der Waals surface area contributed by atoms with Crippen molar-refractivity contribution < 1.29 is 9.90 Å². The maximum atomic E-state index is 11.0. The number of aromatic amines is 1. The molecule has 1 aromatic carbocycles. The smallest absolute Gasteiger partial charge is 0.407 e. The number of aromatic nitrogens is 1. The number of nitrogens with zero attached hydrogens (tertiary/aromatic N) is 1. The minimum atomic E-state index is -0.809. The fourth-order valence-corrected chi connectivity index (χ4v) is 2.72. The van der Waals surface area contributed by atoms with Crippen molar-refractivity contribution in [2.45, 2.75) is 18.8 Å². The molecule has 0 radical (unpaired) electrons. The van der Waals surface area contributed by atoms with E-state index in [2.05, 4.69) is 23.2 Å². The van der Waals surface area contributed by atoms with Gasteiger partial charge in [0.2, 0.25) is 0 Å². The number of benzene rings is 1. The number of carboxylic acid groups (broad SMARTS) is 1. The van der Waals surface area contributed by atoms with Crippen LogP contribution < -0.4 is 0 Å². The van der Waals surface area contributed by atoms with Gasteiger partial charge in [0.15, 0.2) is 0 Å². The second-order valence-corrected chi connectivity index (χ2v) is 4.88. The molecule has 0 bridgehead atoms. The molecule has 18 heavy (non-hydrogen) atoms. The van der Waals surface area contributed by atoms with Crippen LogP contribution >= 0.6 is 0 Å². The highest BCUT2D eigenvalue weighted by Crippen LogP contribution is 2.28. The number of hydrogen-bond donors (Lipinski definition) is 2. The third-order valence-electron chi connectivity index (χ3n) is 3.68. The molecule has 2 aromatic rings. The Morgan fingerprint density at radius 3 is 3.00 bits per heavy atom. The van der Waals surface area contributed by atoms with Crippen LogP contribution in [-0.2, 0) is 0 Å². The lowest BCUT2D eigenvalue weighted by atomic mass is 9.95. The molecule has 4 nitrogen and oxygen atoms in total. The van der Waals surface area contributed by atoms with Crippen molar-refractivity contribution in [2.75, 3.05) is 13.1 Å². The summed E-state index contributed by atoms with van der Waals surface area (Å²) in [6, 6.07) is 10.3. The summed E-state index contributed by atoms with van der Waals surface area (Å²) in [5, 5.41) is 10.3. The molecule has 1 saturated heterocycles. The number of para-hydroxylation sites is 1. The van der Waals surface area contributed by atoms with E-state index in [4.69, 9.17) is 5.11 Å². The number of fused-ring (bicyclic) bond motifs is 1. The van der Waals surface area contributed by atoms with Crippen LogP contribution in [0.3, 0.4) is 0 Å². The van der Waals surface area contributed by atoms with Gasteiger partial charge in [-0.2, -0.15) is 0 Å². The minimum absolute atomic E-state index is 0.294. The lowest BCUT2D eigenvalue weighted by Crippen LogP contribution is -2.38. The summed E-state index contributed by atoms with van der Waals surface area (Å²) in [5.74, 6) is 0.294. The summed E-state index contributed by atoms with van der Waals surface area (Å²) in [4.78, 5) is 15.9. The summed E-state index contributed by atoms with van der Waals surface area (Å²) in [7, 11) is 0. The van der Waals surface area contributed by atoms with E-state index in [0.717, 1.165) is 24.1 Å². The van der Waals surface area contributed by atoms with Crippen molar-refractivity contribution in [3.8, 4) is 0 Å². The number of likely N-dealkylation sites (tertiary alicyclic amines) is 1. The van der Waals surface area contributed by atoms with Gasteiger partial charge in [0.25, 0.3) is 0 Å². The Kier molecular flexibility index (Phi) is 2.70. The van der Waals surface area contributed by atoms with Gasteiger partial charge in [-0.05, 0) is 30.4 Å². The predicted octanol–water partition coefficient (Wildman–Crippen LogP) is 3.03. The third kappa shape index (κ3) is 1.94. The van der Waals surface area contributed by atoms with Crippen LogP contribution in [0.1, 0.15) is 24.5 Å². The van der Waals surface area contributed by atoms with Gasteiger partial charge >= 0.3 is 6.09 Å². The molecule has 4 heteroatoms. The molecule has 3 rings (SSSR count). The fourth-order valence-electron chi connectivity index (χ4n) is 2.72. The first-order valence-corrected chi connectivity index (χ1v) is 6.29. The zero-order valence-electron chi connectivity index (χ0n) is 10.1. The second-order valence-electron chi connectivity index (χ2n) is 4.88. The number of nitrogens with one attached hydrogen (secondary N) is 1. The van der Waals surface area contributed by atoms with Crippen LogP contribution in [0.4, 0.5) is 4.79 Å². The number of carbonyl (C=O) groups is 1. The van der Waals surface area contributed by atoms with Crippen LogP contribution in [0.5, 0.6) is 0 Å². The Labute approximate surface area is 105 Å². The van der Waals surface area contributed by atoms with Crippen molar-refractivity contribution in [2.24, 2.45) is 0 Å². The molecule has 1 unspecified atom stereocenters. The highest BCUT2D eigenvalue weighted by molar-refractivity contribution is 5.80. The van der Waals surface area contributed by atoms with Crippen LogP contribution in [-0.4, -0.2) is 34.2 Å². The zero-order valence-corrected chi connectivity index (χ0v) is 10.1. The van der Waals surface area contributed by atoms with Crippen molar-refractivity contribution >= 4 is 17.0 Å². The summed E-state index contributed by atoms with van der Waals surface area (Å²) in [6.45, 7) is 1.26. The van der Waals surface area contributed by atoms with Gasteiger partial charge in [-0.3, -0.25) is 0 Å². The van der Waals surface area contributed by atoms with E-state index in [0.29, 0.717) is 19.0 Å². The maximum Gasteiger partial charge on any atom is 0.407 e. The number of rotatable bonds is 1. The van der Waals surface area contributed by atoms with E-state index in [1.54, 1.807) is 0 Å². The summed E-state index contributed by atoms with van der Waals surface area (Å²) >= 11 is 0. The van der Waals surface area contributed by atoms with Crippen molar-refractivity contribution in [1.82, 2.24) is 9.88 Å². The molecule has 94 valence electrons. The average Bonchev–Trinajstić information content (AvgIpc) is 2.82. The van der Waals surface area contributed by atoms with Gasteiger partial charge in [0.05, 0.1) is 0 Å². The average molecular weight is 244 g/mol. The van der Waals surface area contributed by atoms with Crippen LogP contribution in [0.15, 0.2) is 30.3 Å². The Hall–Kier alpha value is -1.97. The topological polar surface area (TPSA) is 56.3 Å². The minimum Gasteiger partial charge on any atom is -0.465 e. The molecule has 0 aliphatic carbocycles. The SMILES string of the molecule is O=C(O)N1CCCC(c2cc3ccccc3[nH]2)C1. The van der Waals surface area contributed by atoms with Gasteiger partial charge in [-0.15, -0.1) is 0 Å². The molecule has 1 amide bonds. The first-order chi connectivity index (χ1) is 8.74.